The van der Waals surface area contributed by atoms with Gasteiger partial charge in [-0.25, -0.2) is 0 Å². The lowest BCUT2D eigenvalue weighted by molar-refractivity contribution is 0.0746. The number of fused-ring (bicyclic) bond motifs is 1. The van der Waals surface area contributed by atoms with Gasteiger partial charge in [-0.05, 0) is 36.8 Å². The number of piperazine rings is 1. The number of nitrogens with zero attached hydrogens (tertiary/aromatic N) is 6. The molecule has 0 saturated carbocycles. The number of aryl methyl sites for hydroxylation is 1. The summed E-state index contributed by atoms with van der Waals surface area (Å²) in [5.74, 6) is -0.0486. The van der Waals surface area contributed by atoms with Crippen molar-refractivity contribution < 1.29 is 9.59 Å². The second-order valence-corrected chi connectivity index (χ2v) is 8.60. The molecule has 164 valence electrons. The monoisotopic (exact) mass is 450 g/mol. The quantitative estimate of drug-likeness (QED) is 0.612. The predicted octanol–water partition coefficient (Wildman–Crippen LogP) is 3.15. The van der Waals surface area contributed by atoms with Gasteiger partial charge >= 0.3 is 0 Å². The molecule has 0 spiro atoms. The van der Waals surface area contributed by atoms with Crippen LogP contribution in [0.2, 0.25) is 5.02 Å². The minimum absolute atomic E-state index is 0.00228. The lowest BCUT2D eigenvalue weighted by Crippen LogP contribution is -2.48. The van der Waals surface area contributed by atoms with Crippen LogP contribution in [-0.4, -0.2) is 57.7 Å². The van der Waals surface area contributed by atoms with E-state index in [9.17, 15) is 9.59 Å². The maximum absolute atomic E-state index is 13.1. The van der Waals surface area contributed by atoms with Crippen molar-refractivity contribution in [1.82, 2.24) is 19.7 Å². The molecule has 0 N–H and O–H groups in total. The Morgan fingerprint density at radius 3 is 2.53 bits per heavy atom. The molecule has 1 aromatic carbocycles. The molecule has 4 heterocycles. The summed E-state index contributed by atoms with van der Waals surface area (Å²) in [5.41, 5.74) is 3.89. The van der Waals surface area contributed by atoms with E-state index in [-0.39, 0.29) is 17.9 Å². The molecular weight excluding hydrogens is 428 g/mol. The number of halogens is 1. The first-order valence-corrected chi connectivity index (χ1v) is 10.9. The van der Waals surface area contributed by atoms with Gasteiger partial charge < -0.3 is 9.80 Å². The van der Waals surface area contributed by atoms with Crippen molar-refractivity contribution in [1.29, 1.82) is 0 Å². The van der Waals surface area contributed by atoms with Gasteiger partial charge in [-0.1, -0.05) is 11.6 Å². The third-order valence-electron chi connectivity index (χ3n) is 6.17. The Labute approximate surface area is 191 Å². The third kappa shape index (κ3) is 3.50. The molecule has 1 saturated heterocycles. The highest BCUT2D eigenvalue weighted by Crippen LogP contribution is 2.39. The summed E-state index contributed by atoms with van der Waals surface area (Å²) in [6.45, 7) is 4.60. The van der Waals surface area contributed by atoms with Crippen molar-refractivity contribution in [3.63, 3.8) is 0 Å². The van der Waals surface area contributed by atoms with Crippen LogP contribution in [0.1, 0.15) is 39.2 Å². The van der Waals surface area contributed by atoms with Gasteiger partial charge in [-0.3, -0.25) is 24.2 Å². The number of rotatable bonds is 3. The van der Waals surface area contributed by atoms with E-state index >= 15 is 0 Å². The highest BCUT2D eigenvalue weighted by molar-refractivity contribution is 6.31. The van der Waals surface area contributed by atoms with Crippen LogP contribution in [0.15, 0.2) is 49.1 Å². The first kappa shape index (κ1) is 20.5. The molecule has 1 fully saturated rings. The average Bonchev–Trinajstić information content (AvgIpc) is 3.34. The number of benzene rings is 1. The van der Waals surface area contributed by atoms with E-state index in [2.05, 4.69) is 15.0 Å². The molecule has 8 nitrogen and oxygen atoms in total. The van der Waals surface area contributed by atoms with Crippen LogP contribution in [-0.2, 0) is 7.05 Å². The van der Waals surface area contributed by atoms with Gasteiger partial charge in [-0.2, -0.15) is 5.10 Å². The Morgan fingerprint density at radius 1 is 1.06 bits per heavy atom. The topological polar surface area (TPSA) is 74.6 Å². The predicted molar refractivity (Wildman–Crippen MR) is 122 cm³/mol. The molecule has 3 aromatic rings. The Balaban J connectivity index is 1.31. The van der Waals surface area contributed by atoms with E-state index in [4.69, 9.17) is 11.6 Å². The second kappa shape index (κ2) is 7.94. The Hall–Kier alpha value is -3.39. The minimum Gasteiger partial charge on any atom is -0.367 e. The zero-order chi connectivity index (χ0) is 22.4. The van der Waals surface area contributed by atoms with E-state index in [0.29, 0.717) is 42.3 Å². The number of anilines is 2. The molecule has 0 bridgehead atoms. The molecule has 9 heteroatoms. The fraction of sp³-hybridized carbons (Fsp3) is 0.304. The maximum atomic E-state index is 13.1. The minimum atomic E-state index is -0.123. The van der Waals surface area contributed by atoms with Crippen LogP contribution < -0.4 is 9.80 Å². The highest BCUT2D eigenvalue weighted by Gasteiger charge is 2.35. The lowest BCUT2D eigenvalue weighted by Gasteiger charge is -2.36. The Morgan fingerprint density at radius 2 is 1.81 bits per heavy atom. The van der Waals surface area contributed by atoms with Crippen LogP contribution >= 0.6 is 11.6 Å². The van der Waals surface area contributed by atoms with E-state index in [1.54, 1.807) is 53.5 Å². The number of carbonyl (C=O) groups is 2. The zero-order valence-corrected chi connectivity index (χ0v) is 18.7. The number of aromatic nitrogens is 3. The van der Waals surface area contributed by atoms with Gasteiger partial charge in [0, 0.05) is 50.0 Å². The molecule has 32 heavy (non-hydrogen) atoms. The van der Waals surface area contributed by atoms with Gasteiger partial charge in [0.2, 0.25) is 0 Å². The van der Waals surface area contributed by atoms with Gasteiger partial charge in [0.1, 0.15) is 0 Å². The highest BCUT2D eigenvalue weighted by atomic mass is 35.5. The largest absolute Gasteiger partial charge is 0.367 e. The zero-order valence-electron chi connectivity index (χ0n) is 17.9. The second-order valence-electron chi connectivity index (χ2n) is 8.17. The first-order valence-electron chi connectivity index (χ1n) is 10.5. The summed E-state index contributed by atoms with van der Waals surface area (Å²) in [6.07, 6.45) is 6.86. The Bertz CT molecular complexity index is 1200. The normalized spacial score (nSPS) is 18.3. The molecule has 2 aliphatic rings. The fourth-order valence-corrected chi connectivity index (χ4v) is 4.64. The van der Waals surface area contributed by atoms with Crippen molar-refractivity contribution in [3.8, 4) is 0 Å². The SMILES string of the molecule is CC1c2cc(Cl)ccc2C(=O)N1c1cncc(N2CCN(C(=O)c3cnn(C)c3)CC2)c1. The molecule has 5 rings (SSSR count). The Kier molecular flexibility index (Phi) is 5.09. The van der Waals surface area contributed by atoms with Crippen LogP contribution in [0.5, 0.6) is 0 Å². The van der Waals surface area contributed by atoms with Gasteiger partial charge in [0.05, 0.1) is 41.6 Å². The van der Waals surface area contributed by atoms with E-state index in [0.717, 1.165) is 16.9 Å². The first-order chi connectivity index (χ1) is 15.4. The molecule has 0 aliphatic carbocycles. The van der Waals surface area contributed by atoms with Gasteiger partial charge in [0.15, 0.2) is 0 Å². The molecule has 2 amide bonds. The smallest absolute Gasteiger partial charge is 0.259 e. The average molecular weight is 451 g/mol. The van der Waals surface area contributed by atoms with Crippen LogP contribution in [0.3, 0.4) is 0 Å². The number of pyridine rings is 1. The van der Waals surface area contributed by atoms with E-state index in [1.165, 1.54) is 0 Å². The molecular formula is C23H23ClN6O2. The fourth-order valence-electron chi connectivity index (χ4n) is 4.46. The number of hydrogen-bond donors (Lipinski definition) is 0. The van der Waals surface area contributed by atoms with Crippen LogP contribution in [0.4, 0.5) is 11.4 Å². The van der Waals surface area contributed by atoms with Crippen molar-refractivity contribution >= 4 is 34.8 Å². The lowest BCUT2D eigenvalue weighted by atomic mass is 10.1. The number of carbonyl (C=O) groups excluding carboxylic acids is 2. The van der Waals surface area contributed by atoms with Crippen LogP contribution in [0.25, 0.3) is 0 Å². The summed E-state index contributed by atoms with van der Waals surface area (Å²) in [6, 6.07) is 7.26. The third-order valence-corrected chi connectivity index (χ3v) is 6.41. The van der Waals surface area contributed by atoms with Gasteiger partial charge in [-0.15, -0.1) is 0 Å². The van der Waals surface area contributed by atoms with Crippen molar-refractivity contribution in [2.45, 2.75) is 13.0 Å². The van der Waals surface area contributed by atoms with Crippen molar-refractivity contribution in [2.24, 2.45) is 7.05 Å². The molecule has 2 aliphatic heterocycles. The summed E-state index contributed by atoms with van der Waals surface area (Å²) in [4.78, 5) is 35.9. The molecule has 1 atom stereocenters. The van der Waals surface area contributed by atoms with E-state index < -0.39 is 0 Å². The summed E-state index contributed by atoms with van der Waals surface area (Å²) in [5, 5.41) is 4.71. The molecule has 2 aromatic heterocycles. The summed E-state index contributed by atoms with van der Waals surface area (Å²) in [7, 11) is 1.80. The maximum Gasteiger partial charge on any atom is 0.259 e. The molecule has 0 radical (unpaired) electrons. The van der Waals surface area contributed by atoms with Gasteiger partial charge in [0.25, 0.3) is 11.8 Å². The molecule has 1 unspecified atom stereocenters. The van der Waals surface area contributed by atoms with Crippen LogP contribution in [0, 0.1) is 0 Å². The van der Waals surface area contributed by atoms with Crippen molar-refractivity contribution in [3.05, 3.63) is 70.8 Å². The number of hydrogen-bond acceptors (Lipinski definition) is 5. The van der Waals surface area contributed by atoms with Crippen molar-refractivity contribution in [2.75, 3.05) is 36.0 Å². The number of amides is 2. The van der Waals surface area contributed by atoms with E-state index in [1.807, 2.05) is 24.0 Å². The summed E-state index contributed by atoms with van der Waals surface area (Å²) >= 11 is 6.15. The summed E-state index contributed by atoms with van der Waals surface area (Å²) < 4.78 is 1.63. The standard InChI is InChI=1S/C23H23ClN6O2/c1-15-21-9-17(24)3-4-20(21)23(32)30(15)19-10-18(12-25-13-19)28-5-7-29(8-6-28)22(31)16-11-26-27(2)14-16/h3-4,9-15H,5-8H2,1-2H3.